The molecule has 5 nitrogen and oxygen atoms in total. The highest BCUT2D eigenvalue weighted by Crippen LogP contribution is 2.31. The highest BCUT2D eigenvalue weighted by Gasteiger charge is 2.22. The number of thioether (sulfide) groups is 1. The van der Waals surface area contributed by atoms with Crippen LogP contribution in [0.4, 0.5) is 0 Å². The molecule has 1 aromatic carbocycles. The van der Waals surface area contributed by atoms with E-state index in [2.05, 4.69) is 5.32 Å². The van der Waals surface area contributed by atoms with Gasteiger partial charge in [-0.2, -0.15) is 0 Å². The number of rotatable bonds is 6. The number of carbonyl (C=O) groups excluding carboxylic acids is 1. The summed E-state index contributed by atoms with van der Waals surface area (Å²) >= 11 is 1.37. The Kier molecular flexibility index (Phi) is 6.35. The summed E-state index contributed by atoms with van der Waals surface area (Å²) in [6, 6.07) is 7.83. The van der Waals surface area contributed by atoms with E-state index in [1.54, 1.807) is 0 Å². The largest absolute Gasteiger partial charge is 0.353 e. The van der Waals surface area contributed by atoms with Gasteiger partial charge in [-0.3, -0.25) is 14.2 Å². The van der Waals surface area contributed by atoms with Crippen molar-refractivity contribution in [2.24, 2.45) is 0 Å². The van der Waals surface area contributed by atoms with Gasteiger partial charge >= 0.3 is 0 Å². The third-order valence-electron chi connectivity index (χ3n) is 5.07. The number of benzene rings is 1. The Morgan fingerprint density at radius 1 is 1.31 bits per heavy atom. The van der Waals surface area contributed by atoms with Crippen LogP contribution in [0.25, 0.3) is 10.9 Å². The van der Waals surface area contributed by atoms with E-state index in [4.69, 9.17) is 4.98 Å². The summed E-state index contributed by atoms with van der Waals surface area (Å²) in [6.45, 7) is 4.04. The summed E-state index contributed by atoms with van der Waals surface area (Å²) in [5.41, 5.74) is 0.724. The third kappa shape index (κ3) is 4.29. The zero-order chi connectivity index (χ0) is 18.5. The molecule has 6 heteroatoms. The van der Waals surface area contributed by atoms with Crippen molar-refractivity contribution in [3.8, 4) is 0 Å². The fourth-order valence-corrected chi connectivity index (χ4v) is 4.31. The van der Waals surface area contributed by atoms with Gasteiger partial charge in [0.15, 0.2) is 5.16 Å². The maximum Gasteiger partial charge on any atom is 0.262 e. The lowest BCUT2D eigenvalue weighted by molar-refractivity contribution is -0.119. The molecule has 0 radical (unpaired) electrons. The smallest absolute Gasteiger partial charge is 0.262 e. The Labute approximate surface area is 158 Å². The molecule has 0 aliphatic heterocycles. The Bertz CT molecular complexity index is 827. The van der Waals surface area contributed by atoms with Crippen molar-refractivity contribution in [2.75, 3.05) is 5.75 Å². The summed E-state index contributed by atoms with van der Waals surface area (Å²) in [7, 11) is 0. The number of hydrogen-bond donors (Lipinski definition) is 1. The molecule has 1 fully saturated rings. The molecule has 0 saturated heterocycles. The SMILES string of the molecule is CCC(C)NC(=O)CSc1nc2ccccc2c(=O)n1C1CCCCC1. The van der Waals surface area contributed by atoms with Crippen LogP contribution < -0.4 is 10.9 Å². The minimum Gasteiger partial charge on any atom is -0.353 e. The van der Waals surface area contributed by atoms with Crippen LogP contribution in [-0.4, -0.2) is 27.3 Å². The second-order valence-corrected chi connectivity index (χ2v) is 7.99. The molecule has 26 heavy (non-hydrogen) atoms. The zero-order valence-electron chi connectivity index (χ0n) is 15.5. The number of fused-ring (bicyclic) bond motifs is 1. The molecule has 3 rings (SSSR count). The van der Waals surface area contributed by atoms with Crippen molar-refractivity contribution >= 4 is 28.6 Å². The van der Waals surface area contributed by atoms with Crippen molar-refractivity contribution in [2.45, 2.75) is 69.6 Å². The van der Waals surface area contributed by atoms with Crippen molar-refractivity contribution < 1.29 is 4.79 Å². The lowest BCUT2D eigenvalue weighted by Gasteiger charge is -2.26. The molecule has 2 aromatic rings. The first-order valence-electron chi connectivity index (χ1n) is 9.53. The fraction of sp³-hybridized carbons (Fsp3) is 0.550. The predicted molar refractivity (Wildman–Crippen MR) is 107 cm³/mol. The number of nitrogens with one attached hydrogen (secondary N) is 1. The van der Waals surface area contributed by atoms with Gasteiger partial charge in [-0.1, -0.05) is 50.1 Å². The Morgan fingerprint density at radius 3 is 2.77 bits per heavy atom. The Balaban J connectivity index is 1.91. The van der Waals surface area contributed by atoms with Crippen molar-refractivity contribution in [1.82, 2.24) is 14.9 Å². The third-order valence-corrected chi connectivity index (χ3v) is 6.02. The minimum absolute atomic E-state index is 0.0121. The van der Waals surface area contributed by atoms with E-state index >= 15 is 0 Å². The molecule has 0 bridgehead atoms. The monoisotopic (exact) mass is 373 g/mol. The minimum atomic E-state index is -0.0121. The Hall–Kier alpha value is -1.82. The van der Waals surface area contributed by atoms with Crippen molar-refractivity contribution in [3.63, 3.8) is 0 Å². The first-order valence-corrected chi connectivity index (χ1v) is 10.5. The maximum absolute atomic E-state index is 13.1. The van der Waals surface area contributed by atoms with E-state index in [9.17, 15) is 9.59 Å². The first-order chi connectivity index (χ1) is 12.6. The highest BCUT2D eigenvalue weighted by atomic mass is 32.2. The van der Waals surface area contributed by atoms with Crippen molar-refractivity contribution in [3.05, 3.63) is 34.6 Å². The molecule has 1 aliphatic rings. The summed E-state index contributed by atoms with van der Waals surface area (Å²) < 4.78 is 1.85. The van der Waals surface area contributed by atoms with Gasteiger partial charge < -0.3 is 5.32 Å². The average Bonchev–Trinajstić information content (AvgIpc) is 2.67. The number of carbonyl (C=O) groups is 1. The second-order valence-electron chi connectivity index (χ2n) is 7.04. The Morgan fingerprint density at radius 2 is 2.04 bits per heavy atom. The summed E-state index contributed by atoms with van der Waals surface area (Å²) in [5.74, 6) is 0.268. The molecule has 1 heterocycles. The van der Waals surface area contributed by atoms with Crippen LogP contribution in [0.5, 0.6) is 0 Å². The van der Waals surface area contributed by atoms with Gasteiger partial charge in [0, 0.05) is 12.1 Å². The molecule has 140 valence electrons. The standard InChI is InChI=1S/C20H27N3O2S/c1-3-14(2)21-18(24)13-26-20-22-17-12-8-7-11-16(17)19(25)23(20)15-9-5-4-6-10-15/h7-8,11-12,14-15H,3-6,9-10,13H2,1-2H3,(H,21,24). The molecule has 1 aliphatic carbocycles. The van der Waals surface area contributed by atoms with E-state index in [1.807, 2.05) is 42.7 Å². The highest BCUT2D eigenvalue weighted by molar-refractivity contribution is 7.99. The van der Waals surface area contributed by atoms with Crippen molar-refractivity contribution in [1.29, 1.82) is 0 Å². The molecule has 0 spiro atoms. The molecule has 1 N–H and O–H groups in total. The van der Waals surface area contributed by atoms with Gasteiger partial charge in [-0.15, -0.1) is 0 Å². The summed E-state index contributed by atoms with van der Waals surface area (Å²) in [6.07, 6.45) is 6.42. The quantitative estimate of drug-likeness (QED) is 0.616. The van der Waals surface area contributed by atoms with Crippen LogP contribution in [0.15, 0.2) is 34.2 Å². The molecule has 1 aromatic heterocycles. The van der Waals surface area contributed by atoms with E-state index in [0.717, 1.165) is 32.1 Å². The van der Waals surface area contributed by atoms with E-state index in [1.165, 1.54) is 18.2 Å². The first kappa shape index (κ1) is 19.0. The zero-order valence-corrected chi connectivity index (χ0v) is 16.3. The topological polar surface area (TPSA) is 64.0 Å². The van der Waals surface area contributed by atoms with Crippen LogP contribution in [0.3, 0.4) is 0 Å². The molecule has 1 atom stereocenters. The summed E-state index contributed by atoms with van der Waals surface area (Å²) in [5, 5.41) is 4.30. The molecule has 1 amide bonds. The van der Waals surface area contributed by atoms with Gasteiger partial charge in [-0.25, -0.2) is 4.98 Å². The summed E-state index contributed by atoms with van der Waals surface area (Å²) in [4.78, 5) is 30.0. The normalized spacial score (nSPS) is 16.5. The second kappa shape index (κ2) is 8.71. The number of nitrogens with zero attached hydrogens (tertiary/aromatic N) is 2. The number of amides is 1. The van der Waals surface area contributed by atoms with Gasteiger partial charge in [0.2, 0.25) is 5.91 Å². The maximum atomic E-state index is 13.1. The number of aromatic nitrogens is 2. The van der Waals surface area contributed by atoms with Gasteiger partial charge in [0.05, 0.1) is 16.7 Å². The van der Waals surface area contributed by atoms with E-state index in [0.29, 0.717) is 16.1 Å². The predicted octanol–water partition coefficient (Wildman–Crippen LogP) is 3.91. The average molecular weight is 374 g/mol. The van der Waals surface area contributed by atoms with Crippen LogP contribution in [0.1, 0.15) is 58.4 Å². The van der Waals surface area contributed by atoms with Crippen LogP contribution in [-0.2, 0) is 4.79 Å². The molecule has 1 unspecified atom stereocenters. The van der Waals surface area contributed by atoms with E-state index in [-0.39, 0.29) is 29.3 Å². The number of hydrogen-bond acceptors (Lipinski definition) is 4. The number of para-hydroxylation sites is 1. The lowest BCUT2D eigenvalue weighted by Crippen LogP contribution is -2.34. The molecular formula is C20H27N3O2S. The van der Waals surface area contributed by atoms with Gasteiger partial charge in [0.1, 0.15) is 0 Å². The van der Waals surface area contributed by atoms with Gasteiger partial charge in [-0.05, 0) is 38.3 Å². The van der Waals surface area contributed by atoms with Crippen LogP contribution >= 0.6 is 11.8 Å². The van der Waals surface area contributed by atoms with E-state index < -0.39 is 0 Å². The van der Waals surface area contributed by atoms with Gasteiger partial charge in [0.25, 0.3) is 5.56 Å². The fourth-order valence-electron chi connectivity index (χ4n) is 3.44. The molecular weight excluding hydrogens is 346 g/mol. The van der Waals surface area contributed by atoms with Crippen LogP contribution in [0.2, 0.25) is 0 Å². The van der Waals surface area contributed by atoms with Crippen LogP contribution in [0, 0.1) is 0 Å². The lowest BCUT2D eigenvalue weighted by atomic mass is 9.95. The molecule has 1 saturated carbocycles.